The zero-order chi connectivity index (χ0) is 21.9. The van der Waals surface area contributed by atoms with Crippen LogP contribution in [0, 0.1) is 24.0 Å². The van der Waals surface area contributed by atoms with E-state index < -0.39 is 20.9 Å². The monoisotopic (exact) mass is 425 g/mol. The van der Waals surface area contributed by atoms with Crippen molar-refractivity contribution in [3.8, 4) is 0 Å². The number of aryl methyl sites for hydroxylation is 2. The van der Waals surface area contributed by atoms with Crippen molar-refractivity contribution in [3.05, 3.63) is 93.5 Å². The molecule has 0 aliphatic rings. The Labute approximate surface area is 173 Å². The quantitative estimate of drug-likeness (QED) is 0.452. The number of nitrogens with zero attached hydrogens (tertiary/aromatic N) is 1. The highest BCUT2D eigenvalue weighted by Gasteiger charge is 2.17. The predicted octanol–water partition coefficient (Wildman–Crippen LogP) is 4.26. The van der Waals surface area contributed by atoms with Crippen LogP contribution in [0.2, 0.25) is 0 Å². The molecular formula is C21H19N3O5S. The van der Waals surface area contributed by atoms with E-state index >= 15 is 0 Å². The molecule has 0 aliphatic carbocycles. The number of hydrogen-bond donors (Lipinski definition) is 2. The number of rotatable bonds is 6. The number of carbonyl (C=O) groups is 1. The van der Waals surface area contributed by atoms with Crippen LogP contribution in [0.3, 0.4) is 0 Å². The number of benzene rings is 3. The summed E-state index contributed by atoms with van der Waals surface area (Å²) in [5.74, 6) is -0.536. The molecule has 0 heterocycles. The maximum absolute atomic E-state index is 12.5. The molecule has 0 saturated carbocycles. The third-order valence-corrected chi connectivity index (χ3v) is 5.79. The van der Waals surface area contributed by atoms with E-state index in [0.717, 1.165) is 5.56 Å². The first kappa shape index (κ1) is 21.0. The third-order valence-electron chi connectivity index (χ3n) is 4.39. The molecule has 0 spiro atoms. The van der Waals surface area contributed by atoms with Crippen molar-refractivity contribution >= 4 is 33.0 Å². The topological polar surface area (TPSA) is 118 Å². The van der Waals surface area contributed by atoms with Gasteiger partial charge in [-0.3, -0.25) is 19.6 Å². The fourth-order valence-corrected chi connectivity index (χ4v) is 3.76. The van der Waals surface area contributed by atoms with Crippen LogP contribution in [0.5, 0.6) is 0 Å². The molecule has 0 unspecified atom stereocenters. The average molecular weight is 425 g/mol. The maximum Gasteiger partial charge on any atom is 0.273 e. The molecule has 0 saturated heterocycles. The SMILES string of the molecule is Cc1ccc(NS(=O)(=O)c2ccc(NC(=O)c3ccc(C)c([N+](=O)[O-])c3)cc2)cc1. The van der Waals surface area contributed by atoms with Gasteiger partial charge in [-0.05, 0) is 56.3 Å². The number of sulfonamides is 1. The van der Waals surface area contributed by atoms with Gasteiger partial charge in [0.1, 0.15) is 0 Å². The Morgan fingerprint density at radius 3 is 2.10 bits per heavy atom. The molecule has 3 rings (SSSR count). The Morgan fingerprint density at radius 1 is 0.900 bits per heavy atom. The van der Waals surface area contributed by atoms with Gasteiger partial charge in [-0.25, -0.2) is 8.42 Å². The van der Waals surface area contributed by atoms with E-state index in [1.165, 1.54) is 42.5 Å². The summed E-state index contributed by atoms with van der Waals surface area (Å²) < 4.78 is 27.5. The van der Waals surface area contributed by atoms with E-state index in [-0.39, 0.29) is 16.1 Å². The first-order valence-electron chi connectivity index (χ1n) is 8.92. The molecule has 0 radical (unpaired) electrons. The summed E-state index contributed by atoms with van der Waals surface area (Å²) in [5.41, 5.74) is 2.25. The van der Waals surface area contributed by atoms with Gasteiger partial charge in [0.2, 0.25) is 0 Å². The summed E-state index contributed by atoms with van der Waals surface area (Å²) >= 11 is 0. The van der Waals surface area contributed by atoms with E-state index in [2.05, 4.69) is 10.0 Å². The number of nitro groups is 1. The van der Waals surface area contributed by atoms with Crippen LogP contribution in [0.4, 0.5) is 17.1 Å². The first-order chi connectivity index (χ1) is 14.2. The lowest BCUT2D eigenvalue weighted by Gasteiger charge is -2.10. The van der Waals surface area contributed by atoms with Crippen LogP contribution in [0.1, 0.15) is 21.5 Å². The minimum Gasteiger partial charge on any atom is -0.322 e. The lowest BCUT2D eigenvalue weighted by molar-refractivity contribution is -0.385. The Morgan fingerprint density at radius 2 is 1.50 bits per heavy atom. The third kappa shape index (κ3) is 4.81. The molecule has 9 heteroatoms. The van der Waals surface area contributed by atoms with Crippen molar-refractivity contribution in [2.45, 2.75) is 18.7 Å². The van der Waals surface area contributed by atoms with Crippen molar-refractivity contribution in [1.82, 2.24) is 0 Å². The summed E-state index contributed by atoms with van der Waals surface area (Å²) in [4.78, 5) is 22.9. The number of nitrogens with one attached hydrogen (secondary N) is 2. The molecule has 8 nitrogen and oxygen atoms in total. The lowest BCUT2D eigenvalue weighted by Crippen LogP contribution is -2.14. The van der Waals surface area contributed by atoms with Crippen molar-refractivity contribution in [3.63, 3.8) is 0 Å². The lowest BCUT2D eigenvalue weighted by atomic mass is 10.1. The van der Waals surface area contributed by atoms with Crippen LogP contribution in [-0.2, 0) is 10.0 Å². The Hall–Kier alpha value is -3.72. The Balaban J connectivity index is 1.74. The van der Waals surface area contributed by atoms with Gasteiger partial charge in [-0.1, -0.05) is 23.8 Å². The molecule has 154 valence electrons. The van der Waals surface area contributed by atoms with Crippen molar-refractivity contribution < 1.29 is 18.1 Å². The predicted molar refractivity (Wildman–Crippen MR) is 114 cm³/mol. The molecule has 1 amide bonds. The van der Waals surface area contributed by atoms with Gasteiger partial charge in [0, 0.05) is 28.6 Å². The van der Waals surface area contributed by atoms with E-state index in [0.29, 0.717) is 16.9 Å². The number of carbonyl (C=O) groups excluding carboxylic acids is 1. The summed E-state index contributed by atoms with van der Waals surface area (Å²) in [6, 6.07) is 16.8. The highest BCUT2D eigenvalue weighted by atomic mass is 32.2. The second-order valence-electron chi connectivity index (χ2n) is 6.71. The van der Waals surface area contributed by atoms with Crippen LogP contribution < -0.4 is 10.0 Å². The van der Waals surface area contributed by atoms with Crippen LogP contribution in [-0.4, -0.2) is 19.2 Å². The van der Waals surface area contributed by atoms with Gasteiger partial charge < -0.3 is 5.32 Å². The number of nitro benzene ring substituents is 1. The fourth-order valence-electron chi connectivity index (χ4n) is 2.70. The van der Waals surface area contributed by atoms with Gasteiger partial charge in [-0.15, -0.1) is 0 Å². The van der Waals surface area contributed by atoms with Gasteiger partial charge in [0.15, 0.2) is 0 Å². The molecule has 0 fully saturated rings. The Bertz CT molecular complexity index is 1200. The van der Waals surface area contributed by atoms with Gasteiger partial charge in [0.25, 0.3) is 21.6 Å². The van der Waals surface area contributed by atoms with Crippen LogP contribution in [0.25, 0.3) is 0 Å². The van der Waals surface area contributed by atoms with Crippen LogP contribution >= 0.6 is 0 Å². The zero-order valence-corrected chi connectivity index (χ0v) is 17.1. The normalized spacial score (nSPS) is 11.0. The molecule has 0 aliphatic heterocycles. The molecule has 30 heavy (non-hydrogen) atoms. The average Bonchev–Trinajstić information content (AvgIpc) is 2.70. The van der Waals surface area contributed by atoms with Gasteiger partial charge >= 0.3 is 0 Å². The standard InChI is InChI=1S/C21H19N3O5S/c1-14-3-7-18(8-4-14)23-30(28,29)19-11-9-17(10-12-19)22-21(25)16-6-5-15(2)20(13-16)24(26)27/h3-13,23H,1-2H3,(H,22,25). The number of amides is 1. The molecule has 0 aromatic heterocycles. The van der Waals surface area contributed by atoms with E-state index in [4.69, 9.17) is 0 Å². The van der Waals surface area contributed by atoms with Crippen molar-refractivity contribution in [2.24, 2.45) is 0 Å². The highest BCUT2D eigenvalue weighted by molar-refractivity contribution is 7.92. The smallest absolute Gasteiger partial charge is 0.273 e. The molecular weight excluding hydrogens is 406 g/mol. The molecule has 3 aromatic rings. The minimum absolute atomic E-state index is 0.0343. The highest BCUT2D eigenvalue weighted by Crippen LogP contribution is 2.22. The second-order valence-corrected chi connectivity index (χ2v) is 8.39. The minimum atomic E-state index is -3.78. The van der Waals surface area contributed by atoms with Gasteiger partial charge in [-0.2, -0.15) is 0 Å². The van der Waals surface area contributed by atoms with Crippen LogP contribution in [0.15, 0.2) is 71.6 Å². The largest absolute Gasteiger partial charge is 0.322 e. The first-order valence-corrected chi connectivity index (χ1v) is 10.4. The van der Waals surface area contributed by atoms with E-state index in [9.17, 15) is 23.3 Å². The second kappa shape index (κ2) is 8.34. The Kier molecular flexibility index (Phi) is 5.84. The zero-order valence-electron chi connectivity index (χ0n) is 16.2. The summed E-state index contributed by atoms with van der Waals surface area (Å²) in [6.07, 6.45) is 0. The molecule has 0 bridgehead atoms. The summed E-state index contributed by atoms with van der Waals surface area (Å²) in [6.45, 7) is 3.49. The number of anilines is 2. The molecule has 2 N–H and O–H groups in total. The maximum atomic E-state index is 12.5. The molecule has 3 aromatic carbocycles. The van der Waals surface area contributed by atoms with Crippen molar-refractivity contribution in [1.29, 1.82) is 0 Å². The summed E-state index contributed by atoms with van der Waals surface area (Å²) in [5, 5.41) is 13.6. The van der Waals surface area contributed by atoms with Crippen molar-refractivity contribution in [2.75, 3.05) is 10.0 Å². The number of hydrogen-bond acceptors (Lipinski definition) is 5. The fraction of sp³-hybridized carbons (Fsp3) is 0.0952. The van der Waals surface area contributed by atoms with Gasteiger partial charge in [0.05, 0.1) is 9.82 Å². The summed E-state index contributed by atoms with van der Waals surface area (Å²) in [7, 11) is -3.78. The molecule has 0 atom stereocenters. The van der Waals surface area contributed by atoms with E-state index in [1.807, 2.05) is 6.92 Å². The van der Waals surface area contributed by atoms with E-state index in [1.54, 1.807) is 31.2 Å².